The molecule has 0 unspecified atom stereocenters. The molecule has 0 aliphatic carbocycles. The number of hydrogen-bond donors (Lipinski definition) is 1. The van der Waals surface area contributed by atoms with E-state index in [9.17, 15) is 4.79 Å². The Kier molecular flexibility index (Phi) is 7.19. The molecule has 0 radical (unpaired) electrons. The summed E-state index contributed by atoms with van der Waals surface area (Å²) in [6.07, 6.45) is 1.75. The van der Waals surface area contributed by atoms with Crippen LogP contribution in [0.3, 0.4) is 0 Å². The molecule has 1 aromatic heterocycles. The van der Waals surface area contributed by atoms with Gasteiger partial charge in [-0.1, -0.05) is 19.1 Å². The lowest BCUT2D eigenvalue weighted by atomic mass is 10.2. The third-order valence-electron chi connectivity index (χ3n) is 3.25. The summed E-state index contributed by atoms with van der Waals surface area (Å²) >= 11 is 0. The maximum absolute atomic E-state index is 11.2. The molecule has 1 heterocycles. The van der Waals surface area contributed by atoms with Crippen molar-refractivity contribution in [3.8, 4) is 0 Å². The van der Waals surface area contributed by atoms with Crippen molar-refractivity contribution in [2.75, 3.05) is 0 Å². The molecule has 0 saturated carbocycles. The quantitative estimate of drug-likeness (QED) is 0.589. The van der Waals surface area contributed by atoms with Crippen molar-refractivity contribution < 1.29 is 4.79 Å². The van der Waals surface area contributed by atoms with Gasteiger partial charge >= 0.3 is 0 Å². The van der Waals surface area contributed by atoms with E-state index in [0.29, 0.717) is 18.3 Å². The van der Waals surface area contributed by atoms with E-state index in [0.717, 1.165) is 12.1 Å². The molecule has 0 aromatic carbocycles. The largest absolute Gasteiger partial charge is 0.352 e. The van der Waals surface area contributed by atoms with Crippen LogP contribution in [0.15, 0.2) is 16.5 Å². The number of nitrogens with zero attached hydrogens (tertiary/aromatic N) is 5. The van der Waals surface area contributed by atoms with Gasteiger partial charge in [-0.2, -0.15) is 5.10 Å². The number of nitrogens with one attached hydrogen (secondary N) is 1. The summed E-state index contributed by atoms with van der Waals surface area (Å²) in [4.78, 5) is 11.2. The summed E-state index contributed by atoms with van der Waals surface area (Å²) in [6.45, 7) is 15.3. The van der Waals surface area contributed by atoms with Crippen molar-refractivity contribution in [2.24, 2.45) is 16.3 Å². The molecule has 0 bridgehead atoms. The fraction of sp³-hybridized carbons (Fsp3) is 0.750. The Balaban J connectivity index is 3.07. The van der Waals surface area contributed by atoms with E-state index in [-0.39, 0.29) is 18.0 Å². The van der Waals surface area contributed by atoms with Crippen LogP contribution in [0.2, 0.25) is 0 Å². The third kappa shape index (κ3) is 6.00. The van der Waals surface area contributed by atoms with Crippen molar-refractivity contribution in [1.82, 2.24) is 20.1 Å². The maximum Gasteiger partial charge on any atom is 0.217 e. The molecule has 23 heavy (non-hydrogen) atoms. The average molecular weight is 322 g/mol. The number of hydrogen-bond acceptors (Lipinski definition) is 4. The molecule has 0 fully saturated rings. The monoisotopic (exact) mass is 322 g/mol. The van der Waals surface area contributed by atoms with Crippen molar-refractivity contribution in [1.29, 1.82) is 0 Å². The normalized spacial score (nSPS) is 11.9. The summed E-state index contributed by atoms with van der Waals surface area (Å²) < 4.78 is 1.85. The fourth-order valence-electron chi connectivity index (χ4n) is 2.25. The Hall–Kier alpha value is -1.92. The highest BCUT2D eigenvalue weighted by Gasteiger charge is 2.15. The second kappa shape index (κ2) is 8.64. The maximum atomic E-state index is 11.2. The molecule has 0 atom stereocenters. The number of rotatable bonds is 8. The van der Waals surface area contributed by atoms with Crippen LogP contribution in [0.4, 0.5) is 5.82 Å². The van der Waals surface area contributed by atoms with Gasteiger partial charge in [0.15, 0.2) is 5.82 Å². The molecule has 1 amide bonds. The Morgan fingerprint density at radius 3 is 2.35 bits per heavy atom. The average Bonchev–Trinajstić information content (AvgIpc) is 2.77. The lowest BCUT2D eigenvalue weighted by Crippen LogP contribution is -2.31. The number of carbonyl (C=O) groups excluding carboxylic acids is 1. The summed E-state index contributed by atoms with van der Waals surface area (Å²) in [7, 11) is 0. The SMILES string of the molecule is CC(=O)NCc1cnn(CC(C)C)c1/N=N/N(C(C)C)C(C)C. The molecule has 0 saturated heterocycles. The lowest BCUT2D eigenvalue weighted by molar-refractivity contribution is -0.119. The molecule has 0 spiro atoms. The Morgan fingerprint density at radius 2 is 1.87 bits per heavy atom. The highest BCUT2D eigenvalue weighted by atomic mass is 16.1. The highest BCUT2D eigenvalue weighted by molar-refractivity contribution is 5.72. The van der Waals surface area contributed by atoms with Crippen molar-refractivity contribution in [3.63, 3.8) is 0 Å². The Morgan fingerprint density at radius 1 is 1.26 bits per heavy atom. The minimum Gasteiger partial charge on any atom is -0.352 e. The molecule has 130 valence electrons. The van der Waals surface area contributed by atoms with E-state index in [2.05, 4.69) is 62.3 Å². The van der Waals surface area contributed by atoms with Crippen LogP contribution in [0, 0.1) is 5.92 Å². The van der Waals surface area contributed by atoms with Crippen LogP contribution in [0.1, 0.15) is 54.0 Å². The summed E-state index contributed by atoms with van der Waals surface area (Å²) in [5.74, 6) is 1.08. The van der Waals surface area contributed by atoms with E-state index in [4.69, 9.17) is 0 Å². The third-order valence-corrected chi connectivity index (χ3v) is 3.25. The first kappa shape index (κ1) is 19.1. The van der Waals surface area contributed by atoms with Crippen LogP contribution >= 0.6 is 0 Å². The van der Waals surface area contributed by atoms with Crippen LogP contribution < -0.4 is 5.32 Å². The molecule has 1 aromatic rings. The molecule has 0 aliphatic rings. The molecule has 1 N–H and O–H groups in total. The van der Waals surface area contributed by atoms with E-state index >= 15 is 0 Å². The summed E-state index contributed by atoms with van der Waals surface area (Å²) in [6, 6.07) is 0.526. The van der Waals surface area contributed by atoms with E-state index in [1.54, 1.807) is 6.20 Å². The minimum absolute atomic E-state index is 0.0736. The van der Waals surface area contributed by atoms with Gasteiger partial charge in [-0.25, -0.2) is 4.68 Å². The molecule has 0 aliphatic heterocycles. The second-order valence-electron chi connectivity index (χ2n) is 6.74. The molecular formula is C16H30N6O. The zero-order chi connectivity index (χ0) is 17.6. The van der Waals surface area contributed by atoms with E-state index < -0.39 is 0 Å². The van der Waals surface area contributed by atoms with Crippen LogP contribution in [0.5, 0.6) is 0 Å². The topological polar surface area (TPSA) is 74.9 Å². The summed E-state index contributed by atoms with van der Waals surface area (Å²) in [5.41, 5.74) is 0.872. The van der Waals surface area contributed by atoms with Gasteiger partial charge in [-0.05, 0) is 33.6 Å². The minimum atomic E-state index is -0.0736. The van der Waals surface area contributed by atoms with Crippen LogP contribution in [-0.2, 0) is 17.9 Å². The summed E-state index contributed by atoms with van der Waals surface area (Å²) in [5, 5.41) is 18.0. The molecular weight excluding hydrogens is 292 g/mol. The smallest absolute Gasteiger partial charge is 0.217 e. The first-order valence-electron chi connectivity index (χ1n) is 8.21. The zero-order valence-corrected chi connectivity index (χ0v) is 15.4. The number of amides is 1. The standard InChI is InChI=1S/C16H30N6O/c1-11(2)10-21-16(15(9-18-21)8-17-14(7)23)19-20-22(12(3)4)13(5)6/h9,11-13H,8,10H2,1-7H3,(H,17,23)/b20-19+. The predicted molar refractivity (Wildman–Crippen MR) is 91.2 cm³/mol. The molecule has 1 rings (SSSR count). The first-order chi connectivity index (χ1) is 10.7. The van der Waals surface area contributed by atoms with Gasteiger partial charge in [0.05, 0.1) is 6.20 Å². The Labute approximate surface area is 139 Å². The van der Waals surface area contributed by atoms with E-state index in [1.807, 2.05) is 9.69 Å². The molecule has 7 nitrogen and oxygen atoms in total. The zero-order valence-electron chi connectivity index (χ0n) is 15.4. The lowest BCUT2D eigenvalue weighted by Gasteiger charge is -2.25. The van der Waals surface area contributed by atoms with Gasteiger partial charge in [0, 0.05) is 37.7 Å². The van der Waals surface area contributed by atoms with Gasteiger partial charge in [0.1, 0.15) is 0 Å². The fourth-order valence-corrected chi connectivity index (χ4v) is 2.25. The highest BCUT2D eigenvalue weighted by Crippen LogP contribution is 2.22. The van der Waals surface area contributed by atoms with Crippen molar-refractivity contribution in [3.05, 3.63) is 11.8 Å². The van der Waals surface area contributed by atoms with Gasteiger partial charge < -0.3 is 5.32 Å². The van der Waals surface area contributed by atoms with Gasteiger partial charge in [-0.15, -0.1) is 5.11 Å². The predicted octanol–water partition coefficient (Wildman–Crippen LogP) is 3.29. The first-order valence-corrected chi connectivity index (χ1v) is 8.21. The molecule has 7 heteroatoms. The number of aromatic nitrogens is 2. The number of carbonyl (C=O) groups is 1. The van der Waals surface area contributed by atoms with Crippen molar-refractivity contribution in [2.45, 2.75) is 73.6 Å². The van der Waals surface area contributed by atoms with Gasteiger partial charge in [-0.3, -0.25) is 9.80 Å². The Bertz CT molecular complexity index is 525. The van der Waals surface area contributed by atoms with Gasteiger partial charge in [0.25, 0.3) is 0 Å². The van der Waals surface area contributed by atoms with E-state index in [1.165, 1.54) is 6.92 Å². The van der Waals surface area contributed by atoms with Crippen molar-refractivity contribution >= 4 is 11.7 Å². The van der Waals surface area contributed by atoms with Crippen LogP contribution in [0.25, 0.3) is 0 Å². The second-order valence-corrected chi connectivity index (χ2v) is 6.74. The van der Waals surface area contributed by atoms with Crippen LogP contribution in [-0.4, -0.2) is 32.8 Å². The van der Waals surface area contributed by atoms with Gasteiger partial charge in [0.2, 0.25) is 5.91 Å².